The Morgan fingerprint density at radius 1 is 0.396 bits per heavy atom. The minimum Gasteiger partial charge on any atom is -0.462 e. The van der Waals surface area contributed by atoms with Crippen molar-refractivity contribution in [3.8, 4) is 0 Å². The van der Waals surface area contributed by atoms with E-state index in [1.165, 1.54) is 103 Å². The van der Waals surface area contributed by atoms with Gasteiger partial charge in [-0.05, 0) is 31.1 Å². The first-order valence-electron chi connectivity index (χ1n) is 20.7. The van der Waals surface area contributed by atoms with Crippen LogP contribution in [0.4, 0.5) is 0 Å². The summed E-state index contributed by atoms with van der Waals surface area (Å²) in [5.41, 5.74) is 0. The molecule has 6 heteroatoms. The molecule has 0 unspecified atom stereocenters. The highest BCUT2D eigenvalue weighted by atomic mass is 16.6. The normalized spacial score (nSPS) is 12.1. The van der Waals surface area contributed by atoms with Crippen LogP contribution >= 0.6 is 0 Å². The third-order valence-electron chi connectivity index (χ3n) is 9.22. The summed E-state index contributed by atoms with van der Waals surface area (Å²) in [4.78, 5) is 37.3. The molecule has 0 rings (SSSR count). The highest BCUT2D eigenvalue weighted by Gasteiger charge is 2.19. The number of rotatable bonds is 36. The van der Waals surface area contributed by atoms with Gasteiger partial charge in [-0.15, -0.1) is 0 Å². The average Bonchev–Trinajstić information content (AvgIpc) is 3.04. The average molecular weight is 681 g/mol. The van der Waals surface area contributed by atoms with E-state index in [4.69, 9.17) is 14.2 Å². The third kappa shape index (κ3) is 35.7. The molecule has 0 saturated carbocycles. The lowest BCUT2D eigenvalue weighted by molar-refractivity contribution is -0.167. The predicted molar refractivity (Wildman–Crippen MR) is 201 cm³/mol. The van der Waals surface area contributed by atoms with Crippen molar-refractivity contribution in [2.24, 2.45) is 11.8 Å². The second kappa shape index (κ2) is 35.2. The van der Waals surface area contributed by atoms with Crippen LogP contribution in [0.1, 0.15) is 221 Å². The zero-order chi connectivity index (χ0) is 35.5. The summed E-state index contributed by atoms with van der Waals surface area (Å²) in [5.74, 6) is 0.747. The minimum absolute atomic E-state index is 0.0668. The van der Waals surface area contributed by atoms with Gasteiger partial charge in [0.25, 0.3) is 0 Å². The lowest BCUT2D eigenvalue weighted by Crippen LogP contribution is -2.30. The SMILES string of the molecule is CCCCCCCC(=O)OC[C@@H](COC(=O)CCCCCCCCCCCC(C)C)OC(=O)CCCCCCCCCCCCC(C)C. The zero-order valence-corrected chi connectivity index (χ0v) is 32.6. The van der Waals surface area contributed by atoms with E-state index >= 15 is 0 Å². The van der Waals surface area contributed by atoms with Gasteiger partial charge in [0.05, 0.1) is 0 Å². The van der Waals surface area contributed by atoms with E-state index in [1.807, 2.05) is 0 Å². The Labute approximate surface area is 298 Å². The highest BCUT2D eigenvalue weighted by molar-refractivity contribution is 5.71. The van der Waals surface area contributed by atoms with Crippen molar-refractivity contribution in [2.45, 2.75) is 227 Å². The van der Waals surface area contributed by atoms with Crippen molar-refractivity contribution >= 4 is 17.9 Å². The summed E-state index contributed by atoms with van der Waals surface area (Å²) in [6.07, 6.45) is 31.2. The maximum atomic E-state index is 12.6. The monoisotopic (exact) mass is 681 g/mol. The van der Waals surface area contributed by atoms with Crippen LogP contribution in [-0.2, 0) is 28.6 Å². The van der Waals surface area contributed by atoms with Crippen molar-refractivity contribution < 1.29 is 28.6 Å². The van der Waals surface area contributed by atoms with E-state index < -0.39 is 6.10 Å². The van der Waals surface area contributed by atoms with Gasteiger partial charge in [0.15, 0.2) is 6.10 Å². The van der Waals surface area contributed by atoms with E-state index in [0.29, 0.717) is 19.3 Å². The quantitative estimate of drug-likeness (QED) is 0.0372. The molecule has 48 heavy (non-hydrogen) atoms. The van der Waals surface area contributed by atoms with Crippen LogP contribution in [0.3, 0.4) is 0 Å². The maximum absolute atomic E-state index is 12.6. The topological polar surface area (TPSA) is 78.9 Å². The Morgan fingerprint density at radius 3 is 1.02 bits per heavy atom. The first-order valence-corrected chi connectivity index (χ1v) is 20.7. The summed E-state index contributed by atoms with van der Waals surface area (Å²) in [7, 11) is 0. The molecule has 0 aliphatic rings. The second-order valence-corrected chi connectivity index (χ2v) is 15.2. The predicted octanol–water partition coefficient (Wildman–Crippen LogP) is 12.6. The van der Waals surface area contributed by atoms with E-state index in [-0.39, 0.29) is 31.1 Å². The molecule has 0 saturated heterocycles. The first-order chi connectivity index (χ1) is 23.2. The summed E-state index contributed by atoms with van der Waals surface area (Å²) in [5, 5.41) is 0. The Kier molecular flexibility index (Phi) is 34.1. The van der Waals surface area contributed by atoms with Gasteiger partial charge in [0, 0.05) is 19.3 Å². The molecule has 0 aromatic rings. The van der Waals surface area contributed by atoms with Crippen molar-refractivity contribution in [3.63, 3.8) is 0 Å². The molecule has 0 spiro atoms. The van der Waals surface area contributed by atoms with Gasteiger partial charge >= 0.3 is 17.9 Å². The van der Waals surface area contributed by atoms with Crippen LogP contribution in [0, 0.1) is 11.8 Å². The van der Waals surface area contributed by atoms with Gasteiger partial charge in [-0.25, -0.2) is 0 Å². The van der Waals surface area contributed by atoms with E-state index in [0.717, 1.165) is 76.0 Å². The van der Waals surface area contributed by atoms with Gasteiger partial charge in [0.1, 0.15) is 13.2 Å². The number of carbonyl (C=O) groups excluding carboxylic acids is 3. The molecule has 0 aliphatic heterocycles. The standard InChI is InChI=1S/C42H80O6/c1-6-7-8-20-27-32-40(43)46-35-39(36-47-41(44)33-28-23-18-15-11-13-17-22-26-31-38(4)5)48-42(45)34-29-24-19-14-10-9-12-16-21-25-30-37(2)3/h37-39H,6-36H2,1-5H3/t39-/m0/s1. The van der Waals surface area contributed by atoms with E-state index in [1.54, 1.807) is 0 Å². The van der Waals surface area contributed by atoms with E-state index in [9.17, 15) is 14.4 Å². The molecule has 0 aromatic heterocycles. The fraction of sp³-hybridized carbons (Fsp3) is 0.929. The molecular weight excluding hydrogens is 600 g/mol. The summed E-state index contributed by atoms with van der Waals surface area (Å²) in [6.45, 7) is 11.2. The van der Waals surface area contributed by atoms with Gasteiger partial charge < -0.3 is 14.2 Å². The maximum Gasteiger partial charge on any atom is 0.306 e. The van der Waals surface area contributed by atoms with E-state index in [2.05, 4.69) is 34.6 Å². The minimum atomic E-state index is -0.758. The molecule has 6 nitrogen and oxygen atoms in total. The van der Waals surface area contributed by atoms with Crippen molar-refractivity contribution in [1.29, 1.82) is 0 Å². The molecular formula is C42H80O6. The zero-order valence-electron chi connectivity index (χ0n) is 32.6. The third-order valence-corrected chi connectivity index (χ3v) is 9.22. The summed E-state index contributed by atoms with van der Waals surface area (Å²) >= 11 is 0. The first kappa shape index (κ1) is 46.4. The second-order valence-electron chi connectivity index (χ2n) is 15.2. The number of hydrogen-bond acceptors (Lipinski definition) is 6. The van der Waals surface area contributed by atoms with Gasteiger partial charge in [-0.3, -0.25) is 14.4 Å². The summed E-state index contributed by atoms with van der Waals surface area (Å²) in [6, 6.07) is 0. The fourth-order valence-electron chi connectivity index (χ4n) is 6.05. The number of esters is 3. The largest absolute Gasteiger partial charge is 0.462 e. The molecule has 0 aliphatic carbocycles. The molecule has 0 aromatic carbocycles. The van der Waals surface area contributed by atoms with Crippen LogP contribution in [0.15, 0.2) is 0 Å². The molecule has 0 radical (unpaired) electrons. The van der Waals surface area contributed by atoms with Crippen LogP contribution in [0.2, 0.25) is 0 Å². The number of hydrogen-bond donors (Lipinski definition) is 0. The fourth-order valence-corrected chi connectivity index (χ4v) is 6.05. The van der Waals surface area contributed by atoms with Crippen LogP contribution in [0.25, 0.3) is 0 Å². The van der Waals surface area contributed by atoms with Crippen LogP contribution in [0.5, 0.6) is 0 Å². The van der Waals surface area contributed by atoms with Crippen LogP contribution < -0.4 is 0 Å². The molecule has 1 atom stereocenters. The smallest absolute Gasteiger partial charge is 0.306 e. The Hall–Kier alpha value is -1.59. The lowest BCUT2D eigenvalue weighted by atomic mass is 10.0. The summed E-state index contributed by atoms with van der Waals surface area (Å²) < 4.78 is 16.6. The van der Waals surface area contributed by atoms with Crippen molar-refractivity contribution in [2.75, 3.05) is 13.2 Å². The highest BCUT2D eigenvalue weighted by Crippen LogP contribution is 2.16. The Morgan fingerprint density at radius 2 is 0.688 bits per heavy atom. The molecule has 0 bridgehead atoms. The molecule has 0 N–H and O–H groups in total. The van der Waals surface area contributed by atoms with Crippen LogP contribution in [-0.4, -0.2) is 37.2 Å². The van der Waals surface area contributed by atoms with Gasteiger partial charge in [-0.2, -0.15) is 0 Å². The Balaban J connectivity index is 4.25. The van der Waals surface area contributed by atoms with Gasteiger partial charge in [0.2, 0.25) is 0 Å². The molecule has 0 fully saturated rings. The Bertz CT molecular complexity index is 734. The number of ether oxygens (including phenoxy) is 3. The number of unbranched alkanes of at least 4 members (excludes halogenated alkanes) is 21. The lowest BCUT2D eigenvalue weighted by Gasteiger charge is -2.18. The molecule has 0 amide bonds. The van der Waals surface area contributed by atoms with Crippen molar-refractivity contribution in [3.05, 3.63) is 0 Å². The van der Waals surface area contributed by atoms with Crippen molar-refractivity contribution in [1.82, 2.24) is 0 Å². The number of carbonyl (C=O) groups is 3. The molecule has 284 valence electrons. The molecule has 0 heterocycles. The van der Waals surface area contributed by atoms with Gasteiger partial charge in [-0.1, -0.05) is 182 Å².